The van der Waals surface area contributed by atoms with Gasteiger partial charge in [-0.15, -0.1) is 0 Å². The van der Waals surface area contributed by atoms with Crippen molar-refractivity contribution in [2.75, 3.05) is 7.05 Å². The molecule has 4 heteroatoms. The Morgan fingerprint density at radius 2 is 2.16 bits per heavy atom. The lowest BCUT2D eigenvalue weighted by Gasteiger charge is -2.34. The number of aromatic hydroxyl groups is 1. The number of nitrogens with zero attached hydrogens (tertiary/aromatic N) is 1. The van der Waals surface area contributed by atoms with Crippen molar-refractivity contribution in [3.8, 4) is 5.75 Å². The van der Waals surface area contributed by atoms with Gasteiger partial charge in [0.2, 0.25) is 0 Å². The number of carbonyl (C=O) groups excluding carboxylic acids is 1. The highest BCUT2D eigenvalue weighted by molar-refractivity contribution is 5.96. The number of hydrogen-bond acceptors (Lipinski definition) is 2. The Morgan fingerprint density at radius 3 is 2.84 bits per heavy atom. The van der Waals surface area contributed by atoms with Gasteiger partial charge in [0.25, 0.3) is 5.91 Å². The minimum absolute atomic E-state index is 0.0423. The van der Waals surface area contributed by atoms with Gasteiger partial charge in [-0.2, -0.15) is 0 Å². The average Bonchev–Trinajstić information content (AvgIpc) is 2.40. The molecule has 1 saturated carbocycles. The molecule has 1 aliphatic carbocycles. The van der Waals surface area contributed by atoms with Gasteiger partial charge in [0.15, 0.2) is 0 Å². The second-order valence-corrected chi connectivity index (χ2v) is 5.50. The fourth-order valence-electron chi connectivity index (χ4n) is 2.79. The third kappa shape index (κ3) is 3.06. The number of benzene rings is 1. The monoisotopic (exact) mass is 265 g/mol. The Kier molecular flexibility index (Phi) is 4.08. The molecule has 0 radical (unpaired) electrons. The maximum absolute atomic E-state index is 13.2. The Labute approximate surface area is 113 Å². The quantitative estimate of drug-likeness (QED) is 0.892. The highest BCUT2D eigenvalue weighted by Crippen LogP contribution is 2.28. The third-order valence-corrected chi connectivity index (χ3v) is 3.97. The number of hydrogen-bond donors (Lipinski definition) is 1. The van der Waals surface area contributed by atoms with Crippen molar-refractivity contribution in [1.29, 1.82) is 0 Å². The summed E-state index contributed by atoms with van der Waals surface area (Å²) in [7, 11) is 1.73. The molecule has 0 aliphatic heterocycles. The van der Waals surface area contributed by atoms with E-state index in [1.807, 2.05) is 0 Å². The van der Waals surface area contributed by atoms with Crippen LogP contribution in [0.5, 0.6) is 5.75 Å². The molecule has 0 bridgehead atoms. The van der Waals surface area contributed by atoms with E-state index < -0.39 is 5.82 Å². The van der Waals surface area contributed by atoms with Crippen LogP contribution in [0.1, 0.15) is 43.0 Å². The Bertz CT molecular complexity index is 475. The highest BCUT2D eigenvalue weighted by atomic mass is 19.1. The second-order valence-electron chi connectivity index (χ2n) is 5.50. The Balaban J connectivity index is 2.16. The summed E-state index contributed by atoms with van der Waals surface area (Å²) >= 11 is 0. The number of halogens is 1. The third-order valence-electron chi connectivity index (χ3n) is 3.97. The fraction of sp³-hybridized carbons (Fsp3) is 0.533. The van der Waals surface area contributed by atoms with E-state index >= 15 is 0 Å². The van der Waals surface area contributed by atoms with Gasteiger partial charge in [0.05, 0.1) is 5.56 Å². The summed E-state index contributed by atoms with van der Waals surface area (Å²) in [6.07, 6.45) is 4.25. The van der Waals surface area contributed by atoms with Gasteiger partial charge in [-0.3, -0.25) is 4.79 Å². The summed E-state index contributed by atoms with van der Waals surface area (Å²) in [6, 6.07) is 3.65. The summed E-state index contributed by atoms with van der Waals surface area (Å²) < 4.78 is 13.2. The van der Waals surface area contributed by atoms with Crippen molar-refractivity contribution in [2.24, 2.45) is 5.92 Å². The van der Waals surface area contributed by atoms with Crippen LogP contribution in [0.2, 0.25) is 0 Å². The Hall–Kier alpha value is -1.58. The predicted molar refractivity (Wildman–Crippen MR) is 71.6 cm³/mol. The number of carbonyl (C=O) groups is 1. The summed E-state index contributed by atoms with van der Waals surface area (Å²) in [5, 5.41) is 9.69. The van der Waals surface area contributed by atoms with Crippen LogP contribution >= 0.6 is 0 Å². The van der Waals surface area contributed by atoms with Gasteiger partial charge < -0.3 is 10.0 Å². The molecular weight excluding hydrogens is 245 g/mol. The van der Waals surface area contributed by atoms with Crippen LogP contribution in [0.4, 0.5) is 4.39 Å². The van der Waals surface area contributed by atoms with Crippen molar-refractivity contribution < 1.29 is 14.3 Å². The van der Waals surface area contributed by atoms with Crippen LogP contribution in [0.25, 0.3) is 0 Å². The van der Waals surface area contributed by atoms with Crippen molar-refractivity contribution in [1.82, 2.24) is 4.90 Å². The normalized spacial score (nSPS) is 23.1. The maximum atomic E-state index is 13.2. The summed E-state index contributed by atoms with van der Waals surface area (Å²) in [5.41, 5.74) is 0.0423. The maximum Gasteiger partial charge on any atom is 0.257 e. The molecule has 3 nitrogen and oxygen atoms in total. The molecule has 0 heterocycles. The molecule has 2 rings (SSSR count). The molecule has 1 N–H and O–H groups in total. The molecule has 19 heavy (non-hydrogen) atoms. The van der Waals surface area contributed by atoms with Crippen molar-refractivity contribution >= 4 is 5.91 Å². The molecule has 0 saturated heterocycles. The van der Waals surface area contributed by atoms with Crippen molar-refractivity contribution in [2.45, 2.75) is 38.6 Å². The van der Waals surface area contributed by atoms with Crippen LogP contribution < -0.4 is 0 Å². The van der Waals surface area contributed by atoms with Gasteiger partial charge in [-0.25, -0.2) is 4.39 Å². The first kappa shape index (κ1) is 13.8. The smallest absolute Gasteiger partial charge is 0.257 e. The van der Waals surface area contributed by atoms with E-state index in [1.54, 1.807) is 11.9 Å². The topological polar surface area (TPSA) is 40.5 Å². The van der Waals surface area contributed by atoms with Crippen LogP contribution in [0, 0.1) is 11.7 Å². The van der Waals surface area contributed by atoms with Gasteiger partial charge in [-0.1, -0.05) is 19.8 Å². The molecule has 2 atom stereocenters. The number of rotatable bonds is 2. The number of amides is 1. The van der Waals surface area contributed by atoms with E-state index in [0.29, 0.717) is 5.92 Å². The lowest BCUT2D eigenvalue weighted by Crippen LogP contribution is -2.39. The van der Waals surface area contributed by atoms with E-state index in [-0.39, 0.29) is 23.3 Å². The minimum atomic E-state index is -0.508. The summed E-state index contributed by atoms with van der Waals surface area (Å²) in [4.78, 5) is 14.0. The van der Waals surface area contributed by atoms with Crippen molar-refractivity contribution in [3.63, 3.8) is 0 Å². The van der Waals surface area contributed by atoms with E-state index in [2.05, 4.69) is 6.92 Å². The van der Waals surface area contributed by atoms with E-state index in [1.165, 1.54) is 12.5 Å². The molecular formula is C15H20FNO2. The molecule has 0 spiro atoms. The summed E-state index contributed by atoms with van der Waals surface area (Å²) in [6.45, 7) is 2.18. The van der Waals surface area contributed by atoms with Crippen LogP contribution in [0.15, 0.2) is 18.2 Å². The standard InChI is InChI=1S/C15H20FNO2/c1-10-4-3-5-12(8-10)17(2)15(19)13-9-11(16)6-7-14(13)18/h6-7,9-10,12,18H,3-5,8H2,1-2H3. The SMILES string of the molecule is CC1CCCC(N(C)C(=O)c2cc(F)ccc2O)C1. The van der Waals surface area contributed by atoms with Crippen molar-refractivity contribution in [3.05, 3.63) is 29.6 Å². The zero-order chi connectivity index (χ0) is 14.0. The molecule has 1 aromatic rings. The number of phenolic OH excluding ortho intramolecular Hbond substituents is 1. The molecule has 2 unspecified atom stereocenters. The summed E-state index contributed by atoms with van der Waals surface area (Å²) in [5.74, 6) is -0.375. The first-order chi connectivity index (χ1) is 8.99. The van der Waals surface area contributed by atoms with E-state index in [0.717, 1.165) is 31.4 Å². The van der Waals surface area contributed by atoms with E-state index in [9.17, 15) is 14.3 Å². The zero-order valence-corrected chi connectivity index (χ0v) is 11.4. The molecule has 1 amide bonds. The number of phenols is 1. The molecule has 104 valence electrons. The van der Waals surface area contributed by atoms with Gasteiger partial charge in [-0.05, 0) is 37.0 Å². The second kappa shape index (κ2) is 5.59. The van der Waals surface area contributed by atoms with Crippen LogP contribution in [-0.2, 0) is 0 Å². The van der Waals surface area contributed by atoms with Crippen LogP contribution in [0.3, 0.4) is 0 Å². The van der Waals surface area contributed by atoms with E-state index in [4.69, 9.17) is 0 Å². The van der Waals surface area contributed by atoms with Gasteiger partial charge >= 0.3 is 0 Å². The average molecular weight is 265 g/mol. The first-order valence-corrected chi connectivity index (χ1v) is 6.74. The molecule has 1 aromatic carbocycles. The Morgan fingerprint density at radius 1 is 1.42 bits per heavy atom. The largest absolute Gasteiger partial charge is 0.507 e. The first-order valence-electron chi connectivity index (χ1n) is 6.74. The minimum Gasteiger partial charge on any atom is -0.507 e. The fourth-order valence-corrected chi connectivity index (χ4v) is 2.79. The molecule has 0 aromatic heterocycles. The molecule has 1 fully saturated rings. The van der Waals surface area contributed by atoms with Gasteiger partial charge in [0.1, 0.15) is 11.6 Å². The highest BCUT2D eigenvalue weighted by Gasteiger charge is 2.27. The van der Waals surface area contributed by atoms with Crippen LogP contribution in [-0.4, -0.2) is 29.0 Å². The predicted octanol–water partition coefficient (Wildman–Crippen LogP) is 3.18. The molecule has 1 aliphatic rings. The lowest BCUT2D eigenvalue weighted by atomic mass is 9.86. The zero-order valence-electron chi connectivity index (χ0n) is 11.4. The lowest BCUT2D eigenvalue weighted by molar-refractivity contribution is 0.0669. The van der Waals surface area contributed by atoms with Gasteiger partial charge in [0, 0.05) is 13.1 Å².